The molecular weight excluding hydrogens is 123 g/mol. The fourth-order valence-electron chi connectivity index (χ4n) is 0.468. The summed E-state index contributed by atoms with van der Waals surface area (Å²) in [6.45, 7) is 0. The van der Waals surface area contributed by atoms with E-state index in [4.69, 9.17) is 5.73 Å². The summed E-state index contributed by atoms with van der Waals surface area (Å²) in [5.41, 5.74) is 5.07. The first-order valence-corrected chi connectivity index (χ1v) is 2.34. The number of hydrogen-bond acceptors (Lipinski definition) is 2. The number of nitrogens with zero attached hydrogens (tertiary/aromatic N) is 1. The largest absolute Gasteiger partial charge is 0.711 e. The highest BCUT2D eigenvalue weighted by atomic mass is 19.1. The molecule has 0 saturated heterocycles. The number of aromatic nitrogens is 1. The van der Waals surface area contributed by atoms with Crippen molar-refractivity contribution in [3.8, 4) is 0 Å². The number of pyridine rings is 1. The Labute approximate surface area is 51.1 Å². The molecule has 2 N–H and O–H groups in total. The zero-order valence-electron chi connectivity index (χ0n) is 4.54. The fourth-order valence-corrected chi connectivity index (χ4v) is 0.468. The molecule has 0 aliphatic carbocycles. The highest BCUT2D eigenvalue weighted by Gasteiger charge is 1.95. The number of anilines is 1. The van der Waals surface area contributed by atoms with Crippen LogP contribution in [0.3, 0.4) is 0 Å². The summed E-state index contributed by atoms with van der Waals surface area (Å²) >= 11 is 0. The minimum absolute atomic E-state index is 0.00333. The molecule has 0 saturated carbocycles. The first-order valence-electron chi connectivity index (χ1n) is 2.34. The summed E-state index contributed by atoms with van der Waals surface area (Å²) in [4.78, 5) is 0. The third-order valence-electron chi connectivity index (χ3n) is 0.908. The van der Waals surface area contributed by atoms with E-state index in [1.165, 1.54) is 6.07 Å². The molecule has 0 spiro atoms. The SMILES string of the molecule is Nc1ccc(F)c[n+]1[O-]. The molecule has 0 aliphatic rings. The molecule has 0 atom stereocenters. The van der Waals surface area contributed by atoms with Crippen LogP contribution < -0.4 is 10.5 Å². The Morgan fingerprint density at radius 1 is 1.56 bits per heavy atom. The summed E-state index contributed by atoms with van der Waals surface area (Å²) in [5.74, 6) is -0.587. The minimum atomic E-state index is -0.584. The number of nitrogens with two attached hydrogens (primary N) is 1. The number of hydrogen-bond donors (Lipinski definition) is 1. The lowest BCUT2D eigenvalue weighted by molar-refractivity contribution is -0.591. The predicted molar refractivity (Wildman–Crippen MR) is 29.8 cm³/mol. The van der Waals surface area contributed by atoms with Crippen molar-refractivity contribution in [1.29, 1.82) is 0 Å². The molecule has 48 valence electrons. The van der Waals surface area contributed by atoms with Gasteiger partial charge in [0.25, 0.3) is 5.82 Å². The zero-order chi connectivity index (χ0) is 6.85. The molecule has 0 bridgehead atoms. The lowest BCUT2D eigenvalue weighted by atomic mass is 10.4. The van der Waals surface area contributed by atoms with Crippen LogP contribution in [0.5, 0.6) is 0 Å². The Balaban J connectivity index is 3.17. The summed E-state index contributed by atoms with van der Waals surface area (Å²) in [5, 5.41) is 10.4. The quantitative estimate of drug-likeness (QED) is 0.396. The highest BCUT2D eigenvalue weighted by Crippen LogP contribution is 1.94. The first-order chi connectivity index (χ1) is 4.20. The Bertz CT molecular complexity index is 226. The average Bonchev–Trinajstić information content (AvgIpc) is 1.80. The van der Waals surface area contributed by atoms with Crippen LogP contribution in [0.2, 0.25) is 0 Å². The second kappa shape index (κ2) is 1.89. The van der Waals surface area contributed by atoms with Crippen LogP contribution in [0.25, 0.3) is 0 Å². The zero-order valence-corrected chi connectivity index (χ0v) is 4.54. The maximum absolute atomic E-state index is 12.1. The van der Waals surface area contributed by atoms with Crippen LogP contribution in [0.4, 0.5) is 10.2 Å². The summed E-state index contributed by atoms with van der Waals surface area (Å²) < 4.78 is 12.3. The van der Waals surface area contributed by atoms with Gasteiger partial charge < -0.3 is 5.21 Å². The van der Waals surface area contributed by atoms with Gasteiger partial charge in [-0.05, 0) is 6.07 Å². The van der Waals surface area contributed by atoms with Gasteiger partial charge in [0.15, 0.2) is 5.82 Å². The molecule has 0 unspecified atom stereocenters. The van der Waals surface area contributed by atoms with Crippen molar-refractivity contribution in [3.05, 3.63) is 29.4 Å². The monoisotopic (exact) mass is 128 g/mol. The van der Waals surface area contributed by atoms with E-state index >= 15 is 0 Å². The molecule has 0 aromatic carbocycles. The molecule has 0 radical (unpaired) electrons. The summed E-state index contributed by atoms with van der Waals surface area (Å²) in [6.07, 6.45) is 0.773. The molecule has 0 amide bonds. The summed E-state index contributed by atoms with van der Waals surface area (Å²) in [7, 11) is 0. The predicted octanol–water partition coefficient (Wildman–Crippen LogP) is 0.0413. The van der Waals surface area contributed by atoms with Gasteiger partial charge in [-0.25, -0.2) is 9.12 Å². The van der Waals surface area contributed by atoms with Crippen molar-refractivity contribution in [2.24, 2.45) is 0 Å². The van der Waals surface area contributed by atoms with Crippen molar-refractivity contribution >= 4 is 5.82 Å². The minimum Gasteiger partial charge on any atom is -0.711 e. The Kier molecular flexibility index (Phi) is 1.22. The molecule has 4 heteroatoms. The highest BCUT2D eigenvalue weighted by molar-refractivity contribution is 5.19. The van der Waals surface area contributed by atoms with Gasteiger partial charge in [-0.2, -0.15) is 0 Å². The van der Waals surface area contributed by atoms with E-state index in [2.05, 4.69) is 0 Å². The smallest absolute Gasteiger partial charge is 0.275 e. The van der Waals surface area contributed by atoms with E-state index in [9.17, 15) is 9.60 Å². The van der Waals surface area contributed by atoms with Gasteiger partial charge in [0.05, 0.1) is 0 Å². The van der Waals surface area contributed by atoms with E-state index in [1.54, 1.807) is 0 Å². The molecule has 3 nitrogen and oxygen atoms in total. The lowest BCUT2D eigenvalue weighted by Gasteiger charge is -2.01. The van der Waals surface area contributed by atoms with E-state index in [0.717, 1.165) is 12.3 Å². The second-order valence-electron chi connectivity index (χ2n) is 1.60. The molecule has 1 heterocycles. The van der Waals surface area contributed by atoms with Crippen LogP contribution in [-0.2, 0) is 0 Å². The normalized spacial score (nSPS) is 9.44. The van der Waals surface area contributed by atoms with Crippen molar-refractivity contribution in [2.45, 2.75) is 0 Å². The van der Waals surface area contributed by atoms with Crippen molar-refractivity contribution in [2.75, 3.05) is 5.73 Å². The number of halogens is 1. The van der Waals surface area contributed by atoms with Gasteiger partial charge in [-0.15, -0.1) is 0 Å². The third kappa shape index (κ3) is 1.07. The van der Waals surface area contributed by atoms with Crippen molar-refractivity contribution < 1.29 is 9.12 Å². The van der Waals surface area contributed by atoms with Crippen LogP contribution >= 0.6 is 0 Å². The average molecular weight is 128 g/mol. The second-order valence-corrected chi connectivity index (χ2v) is 1.60. The Morgan fingerprint density at radius 2 is 2.22 bits per heavy atom. The van der Waals surface area contributed by atoms with Crippen LogP contribution in [-0.4, -0.2) is 0 Å². The van der Waals surface area contributed by atoms with Crippen LogP contribution in [0, 0.1) is 11.0 Å². The van der Waals surface area contributed by atoms with E-state index in [1.807, 2.05) is 0 Å². The van der Waals surface area contributed by atoms with Crippen LogP contribution in [0.15, 0.2) is 18.3 Å². The van der Waals surface area contributed by atoms with Crippen molar-refractivity contribution in [3.63, 3.8) is 0 Å². The third-order valence-corrected chi connectivity index (χ3v) is 0.908. The van der Waals surface area contributed by atoms with Crippen LogP contribution in [0.1, 0.15) is 0 Å². The molecule has 1 aromatic rings. The Hall–Kier alpha value is -1.32. The molecule has 1 aromatic heterocycles. The van der Waals surface area contributed by atoms with Gasteiger partial charge in [0.2, 0.25) is 0 Å². The van der Waals surface area contributed by atoms with Gasteiger partial charge >= 0.3 is 0 Å². The van der Waals surface area contributed by atoms with Gasteiger partial charge in [-0.3, -0.25) is 5.73 Å². The summed E-state index contributed by atoms with van der Waals surface area (Å²) in [6, 6.07) is 2.34. The molecule has 9 heavy (non-hydrogen) atoms. The topological polar surface area (TPSA) is 53.0 Å². The maximum Gasteiger partial charge on any atom is 0.275 e. The first kappa shape index (κ1) is 5.81. The standard InChI is InChI=1S/C5H5FN2O/c6-4-1-2-5(7)8(9)3-4/h1-3H,7H2. The van der Waals surface area contributed by atoms with Gasteiger partial charge in [0, 0.05) is 6.07 Å². The van der Waals surface area contributed by atoms with Gasteiger partial charge in [0.1, 0.15) is 6.20 Å². The molecule has 0 aliphatic heterocycles. The fraction of sp³-hybridized carbons (Fsp3) is 0. The lowest BCUT2D eigenvalue weighted by Crippen LogP contribution is -2.30. The molecule has 0 fully saturated rings. The molecular formula is C5H5FN2O. The van der Waals surface area contributed by atoms with E-state index < -0.39 is 5.82 Å². The number of rotatable bonds is 0. The van der Waals surface area contributed by atoms with E-state index in [-0.39, 0.29) is 10.5 Å². The Morgan fingerprint density at radius 3 is 2.67 bits per heavy atom. The van der Waals surface area contributed by atoms with Gasteiger partial charge in [-0.1, -0.05) is 0 Å². The van der Waals surface area contributed by atoms with E-state index in [0.29, 0.717) is 0 Å². The van der Waals surface area contributed by atoms with Crippen molar-refractivity contribution in [1.82, 2.24) is 0 Å². The maximum atomic E-state index is 12.1. The number of nitrogen functional groups attached to an aromatic ring is 1. The molecule has 1 rings (SSSR count).